The summed E-state index contributed by atoms with van der Waals surface area (Å²) in [7, 11) is 1.71. The average molecular weight is 452 g/mol. The van der Waals surface area contributed by atoms with Crippen molar-refractivity contribution in [3.8, 4) is 0 Å². The first-order chi connectivity index (χ1) is 11.8. The number of aromatic nitrogens is 1. The van der Waals surface area contributed by atoms with Crippen LogP contribution in [0.5, 0.6) is 0 Å². The van der Waals surface area contributed by atoms with E-state index in [1.165, 1.54) is 17.0 Å². The average Bonchev–Trinajstić information content (AvgIpc) is 3.02. The van der Waals surface area contributed by atoms with Gasteiger partial charge in [-0.05, 0) is 24.1 Å². The van der Waals surface area contributed by atoms with E-state index >= 15 is 0 Å². The summed E-state index contributed by atoms with van der Waals surface area (Å²) in [6.45, 7) is 1.15. The number of benzene rings is 2. The zero-order chi connectivity index (χ0) is 16.8. The van der Waals surface area contributed by atoms with Crippen molar-refractivity contribution >= 4 is 40.8 Å². The Labute approximate surface area is 164 Å². The van der Waals surface area contributed by atoms with Gasteiger partial charge in [0.25, 0.3) is 0 Å². The zero-order valence-corrected chi connectivity index (χ0v) is 16.4. The third kappa shape index (κ3) is 4.94. The van der Waals surface area contributed by atoms with Gasteiger partial charge in [0.05, 0.1) is 0 Å². The molecule has 0 amide bonds. The maximum atomic E-state index is 13.6. The summed E-state index contributed by atoms with van der Waals surface area (Å²) in [6, 6.07) is 15.0. The molecule has 0 unspecified atom stereocenters. The number of hydrogen-bond acceptors (Lipinski definition) is 1. The second kappa shape index (κ2) is 9.41. The van der Waals surface area contributed by atoms with E-state index in [1.807, 2.05) is 24.4 Å². The molecule has 0 aliphatic rings. The molecule has 1 aromatic heterocycles. The summed E-state index contributed by atoms with van der Waals surface area (Å²) in [5.41, 5.74) is 3.04. The van der Waals surface area contributed by atoms with Crippen LogP contribution in [0.25, 0.3) is 10.9 Å². The first-order valence-corrected chi connectivity index (χ1v) is 8.01. The summed E-state index contributed by atoms with van der Waals surface area (Å²) in [5, 5.41) is 7.64. The number of nitrogens with zero attached hydrogens (tertiary/aromatic N) is 1. The first-order valence-electron chi connectivity index (χ1n) is 8.01. The molecule has 0 spiro atoms. The lowest BCUT2D eigenvalue weighted by molar-refractivity contribution is 0.604. The molecule has 3 N–H and O–H groups in total. The van der Waals surface area contributed by atoms with Gasteiger partial charge in [-0.3, -0.25) is 4.99 Å². The van der Waals surface area contributed by atoms with E-state index in [4.69, 9.17) is 0 Å². The van der Waals surface area contributed by atoms with Crippen LogP contribution in [-0.4, -0.2) is 24.5 Å². The molecule has 3 rings (SSSR count). The van der Waals surface area contributed by atoms with Crippen LogP contribution < -0.4 is 10.6 Å². The number of aliphatic imine (C=N–C) groups is 1. The maximum absolute atomic E-state index is 13.6. The van der Waals surface area contributed by atoms with Gasteiger partial charge in [0, 0.05) is 42.8 Å². The topological polar surface area (TPSA) is 52.2 Å². The monoisotopic (exact) mass is 452 g/mol. The molecule has 1 heterocycles. The van der Waals surface area contributed by atoms with Gasteiger partial charge in [-0.25, -0.2) is 4.39 Å². The molecule has 25 heavy (non-hydrogen) atoms. The highest BCUT2D eigenvalue weighted by Gasteiger charge is 2.05. The van der Waals surface area contributed by atoms with E-state index in [-0.39, 0.29) is 29.8 Å². The third-order valence-electron chi connectivity index (χ3n) is 3.99. The molecule has 4 nitrogen and oxygen atoms in total. The molecule has 0 fully saturated rings. The van der Waals surface area contributed by atoms with Crippen molar-refractivity contribution in [2.24, 2.45) is 4.99 Å². The van der Waals surface area contributed by atoms with Crippen molar-refractivity contribution < 1.29 is 4.39 Å². The molecule has 3 aromatic rings. The van der Waals surface area contributed by atoms with Crippen molar-refractivity contribution in [1.82, 2.24) is 15.6 Å². The molecule has 0 saturated carbocycles. The highest BCUT2D eigenvalue weighted by atomic mass is 127. The molecular weight excluding hydrogens is 430 g/mol. The predicted octanol–water partition coefficient (Wildman–Crippen LogP) is 3.83. The van der Waals surface area contributed by atoms with E-state index in [9.17, 15) is 4.39 Å². The Bertz CT molecular complexity index is 844. The second-order valence-electron chi connectivity index (χ2n) is 5.55. The maximum Gasteiger partial charge on any atom is 0.191 e. The summed E-state index contributed by atoms with van der Waals surface area (Å²) in [4.78, 5) is 7.46. The Morgan fingerprint density at radius 2 is 1.80 bits per heavy atom. The van der Waals surface area contributed by atoms with E-state index in [2.05, 4.69) is 32.7 Å². The van der Waals surface area contributed by atoms with Gasteiger partial charge < -0.3 is 15.6 Å². The lowest BCUT2D eigenvalue weighted by atomic mass is 10.1. The van der Waals surface area contributed by atoms with Gasteiger partial charge in [0.15, 0.2) is 5.96 Å². The predicted molar refractivity (Wildman–Crippen MR) is 112 cm³/mol. The van der Waals surface area contributed by atoms with Crippen molar-refractivity contribution in [2.75, 3.05) is 13.6 Å². The number of H-pyrrole nitrogens is 1. The van der Waals surface area contributed by atoms with Crippen LogP contribution in [0.3, 0.4) is 0 Å². The van der Waals surface area contributed by atoms with Crippen LogP contribution in [0.1, 0.15) is 11.1 Å². The van der Waals surface area contributed by atoms with Crippen LogP contribution in [0.15, 0.2) is 59.7 Å². The van der Waals surface area contributed by atoms with E-state index in [1.54, 1.807) is 19.2 Å². The number of guanidine groups is 1. The molecule has 6 heteroatoms. The highest BCUT2D eigenvalue weighted by Crippen LogP contribution is 2.17. The summed E-state index contributed by atoms with van der Waals surface area (Å²) >= 11 is 0. The smallest absolute Gasteiger partial charge is 0.191 e. The molecule has 0 aliphatic heterocycles. The normalized spacial score (nSPS) is 11.2. The van der Waals surface area contributed by atoms with Crippen LogP contribution in [-0.2, 0) is 13.0 Å². The van der Waals surface area contributed by atoms with Gasteiger partial charge in [-0.1, -0.05) is 36.4 Å². The lowest BCUT2D eigenvalue weighted by Crippen LogP contribution is -2.38. The number of fused-ring (bicyclic) bond motifs is 1. The van der Waals surface area contributed by atoms with E-state index in [0.29, 0.717) is 18.1 Å². The minimum absolute atomic E-state index is 0. The van der Waals surface area contributed by atoms with Gasteiger partial charge in [-0.2, -0.15) is 0 Å². The van der Waals surface area contributed by atoms with Gasteiger partial charge in [0.1, 0.15) is 5.82 Å². The van der Waals surface area contributed by atoms with Crippen molar-refractivity contribution in [1.29, 1.82) is 0 Å². The number of rotatable bonds is 5. The molecule has 0 aliphatic carbocycles. The van der Waals surface area contributed by atoms with Gasteiger partial charge >= 0.3 is 0 Å². The first kappa shape index (κ1) is 19.2. The van der Waals surface area contributed by atoms with Crippen LogP contribution >= 0.6 is 24.0 Å². The minimum Gasteiger partial charge on any atom is -0.361 e. The standard InChI is InChI=1S/C19H21FN4.HI/c1-21-19(24-13-15-6-2-4-8-17(15)20)22-11-10-14-12-23-18-9-5-3-7-16(14)18;/h2-9,12,23H,10-11,13H2,1H3,(H2,21,22,24);1H. The van der Waals surface area contributed by atoms with Crippen molar-refractivity contribution in [3.05, 3.63) is 71.7 Å². The fraction of sp³-hybridized carbons (Fsp3) is 0.211. The highest BCUT2D eigenvalue weighted by molar-refractivity contribution is 14.0. The van der Waals surface area contributed by atoms with Crippen LogP contribution in [0.4, 0.5) is 4.39 Å². The summed E-state index contributed by atoms with van der Waals surface area (Å²) in [5.74, 6) is 0.456. The molecule has 0 saturated heterocycles. The Balaban J connectivity index is 0.00000225. The number of hydrogen-bond donors (Lipinski definition) is 3. The fourth-order valence-electron chi connectivity index (χ4n) is 2.70. The van der Waals surface area contributed by atoms with Crippen molar-refractivity contribution in [2.45, 2.75) is 13.0 Å². The Morgan fingerprint density at radius 1 is 1.04 bits per heavy atom. The van der Waals surface area contributed by atoms with Crippen LogP contribution in [0.2, 0.25) is 0 Å². The molecule has 0 radical (unpaired) electrons. The fourth-order valence-corrected chi connectivity index (χ4v) is 2.70. The quantitative estimate of drug-likeness (QED) is 0.313. The van der Waals surface area contributed by atoms with E-state index < -0.39 is 0 Å². The third-order valence-corrected chi connectivity index (χ3v) is 3.99. The number of halogens is 2. The van der Waals surface area contributed by atoms with Crippen molar-refractivity contribution in [3.63, 3.8) is 0 Å². The zero-order valence-electron chi connectivity index (χ0n) is 14.1. The molecular formula is C19H22FIN4. The summed E-state index contributed by atoms with van der Waals surface area (Å²) < 4.78 is 13.6. The molecule has 2 aromatic carbocycles. The Morgan fingerprint density at radius 3 is 2.60 bits per heavy atom. The molecule has 132 valence electrons. The van der Waals surface area contributed by atoms with E-state index in [0.717, 1.165) is 18.5 Å². The molecule has 0 bridgehead atoms. The Hall–Kier alpha value is -2.09. The van der Waals surface area contributed by atoms with Gasteiger partial charge in [-0.15, -0.1) is 24.0 Å². The Kier molecular flexibility index (Phi) is 7.24. The number of aromatic amines is 1. The number of para-hydroxylation sites is 1. The summed E-state index contributed by atoms with van der Waals surface area (Å²) in [6.07, 6.45) is 2.92. The van der Waals surface area contributed by atoms with Crippen LogP contribution in [0, 0.1) is 5.82 Å². The SMILES string of the molecule is CN=C(NCCc1c[nH]c2ccccc12)NCc1ccccc1F.I. The van der Waals surface area contributed by atoms with Gasteiger partial charge in [0.2, 0.25) is 0 Å². The molecule has 0 atom stereocenters. The minimum atomic E-state index is -0.209. The lowest BCUT2D eigenvalue weighted by Gasteiger charge is -2.12. The second-order valence-corrected chi connectivity index (χ2v) is 5.55. The number of nitrogens with one attached hydrogen (secondary N) is 3. The largest absolute Gasteiger partial charge is 0.361 e.